The Morgan fingerprint density at radius 1 is 1.00 bits per heavy atom. The molecule has 2 heterocycles. The van der Waals surface area contributed by atoms with Gasteiger partial charge in [-0.15, -0.1) is 0 Å². The van der Waals surface area contributed by atoms with E-state index in [-0.39, 0.29) is 60.4 Å². The minimum Gasteiger partial charge on any atom is -0.508 e. The molecule has 0 spiro atoms. The van der Waals surface area contributed by atoms with Gasteiger partial charge in [0.1, 0.15) is 11.5 Å². The molecule has 1 saturated heterocycles. The Balaban J connectivity index is 1.55. The molecule has 1 fully saturated rings. The van der Waals surface area contributed by atoms with E-state index >= 15 is 0 Å². The van der Waals surface area contributed by atoms with Crippen LogP contribution in [-0.2, 0) is 6.18 Å². The van der Waals surface area contributed by atoms with E-state index in [2.05, 4.69) is 9.97 Å². The number of rotatable bonds is 3. The fourth-order valence-corrected chi connectivity index (χ4v) is 3.68. The Hall–Kier alpha value is -4.02. The summed E-state index contributed by atoms with van der Waals surface area (Å²) in [5, 5.41) is 19.3. The minimum atomic E-state index is -4.60. The Labute approximate surface area is 185 Å². The molecule has 1 aromatic heterocycles. The molecular formula is C22H19F3N4O4. The van der Waals surface area contributed by atoms with E-state index < -0.39 is 23.2 Å². The van der Waals surface area contributed by atoms with Crippen molar-refractivity contribution < 1.29 is 28.2 Å². The van der Waals surface area contributed by atoms with Gasteiger partial charge in [0.25, 0.3) is 11.5 Å². The van der Waals surface area contributed by atoms with Gasteiger partial charge in [-0.25, -0.2) is 4.98 Å². The van der Waals surface area contributed by atoms with Gasteiger partial charge >= 0.3 is 6.18 Å². The standard InChI is InChI=1S/C22H19F3N4O4/c23-22(24,25)16-4-2-1-3-14(16)17-12-19(32)27-21(26-17)29-9-7-28(8-10-29)20(33)15-6-5-13(30)11-18(15)31/h1-6,11-12,30-31H,7-10H2,(H,26,27,32). The lowest BCUT2D eigenvalue weighted by molar-refractivity contribution is -0.137. The van der Waals surface area contributed by atoms with E-state index in [1.54, 1.807) is 4.90 Å². The molecule has 0 unspecified atom stereocenters. The number of aromatic nitrogens is 2. The number of carbonyl (C=O) groups is 1. The molecule has 0 bridgehead atoms. The summed E-state index contributed by atoms with van der Waals surface area (Å²) in [6, 6.07) is 9.60. The number of hydrogen-bond donors (Lipinski definition) is 3. The maximum atomic E-state index is 13.4. The Morgan fingerprint density at radius 2 is 1.70 bits per heavy atom. The summed E-state index contributed by atoms with van der Waals surface area (Å²) in [4.78, 5) is 34.8. The van der Waals surface area contributed by atoms with Crippen molar-refractivity contribution >= 4 is 11.9 Å². The molecule has 33 heavy (non-hydrogen) atoms. The molecular weight excluding hydrogens is 441 g/mol. The van der Waals surface area contributed by atoms with Crippen LogP contribution >= 0.6 is 0 Å². The van der Waals surface area contributed by atoms with Gasteiger partial charge in [0.15, 0.2) is 0 Å². The fraction of sp³-hybridized carbons (Fsp3) is 0.227. The van der Waals surface area contributed by atoms with Crippen molar-refractivity contribution in [2.75, 3.05) is 31.1 Å². The second kappa shape index (κ2) is 8.49. The number of alkyl halides is 3. The number of nitrogens with zero attached hydrogens (tertiary/aromatic N) is 3. The van der Waals surface area contributed by atoms with Crippen LogP contribution < -0.4 is 10.5 Å². The van der Waals surface area contributed by atoms with E-state index in [1.165, 1.54) is 35.2 Å². The first-order valence-corrected chi connectivity index (χ1v) is 9.97. The highest BCUT2D eigenvalue weighted by Gasteiger charge is 2.34. The van der Waals surface area contributed by atoms with Crippen LogP contribution in [0.25, 0.3) is 11.3 Å². The van der Waals surface area contributed by atoms with Gasteiger partial charge in [0.2, 0.25) is 5.95 Å². The molecule has 3 aromatic rings. The number of amides is 1. The maximum Gasteiger partial charge on any atom is 0.417 e. The molecule has 1 aliphatic rings. The summed E-state index contributed by atoms with van der Waals surface area (Å²) >= 11 is 0. The monoisotopic (exact) mass is 460 g/mol. The number of aromatic hydroxyl groups is 2. The number of piperazine rings is 1. The predicted octanol–water partition coefficient (Wildman–Crippen LogP) is 2.83. The second-order valence-corrected chi connectivity index (χ2v) is 7.48. The largest absolute Gasteiger partial charge is 0.508 e. The number of H-pyrrole nitrogens is 1. The number of nitrogens with one attached hydrogen (secondary N) is 1. The number of hydrogen-bond acceptors (Lipinski definition) is 6. The van der Waals surface area contributed by atoms with Crippen molar-refractivity contribution in [1.82, 2.24) is 14.9 Å². The summed E-state index contributed by atoms with van der Waals surface area (Å²) in [6.45, 7) is 0.980. The summed E-state index contributed by atoms with van der Waals surface area (Å²) in [6.07, 6.45) is -4.60. The zero-order valence-corrected chi connectivity index (χ0v) is 17.1. The molecule has 3 N–H and O–H groups in total. The third-order valence-corrected chi connectivity index (χ3v) is 5.32. The van der Waals surface area contributed by atoms with Gasteiger partial charge in [-0.05, 0) is 18.2 Å². The van der Waals surface area contributed by atoms with Crippen LogP contribution in [0.15, 0.2) is 53.3 Å². The van der Waals surface area contributed by atoms with Crippen LogP contribution in [0.2, 0.25) is 0 Å². The molecule has 8 nitrogen and oxygen atoms in total. The lowest BCUT2D eigenvalue weighted by atomic mass is 10.0. The van der Waals surface area contributed by atoms with E-state index in [9.17, 15) is 33.0 Å². The highest BCUT2D eigenvalue weighted by Crippen LogP contribution is 2.36. The molecule has 1 amide bonds. The number of halogens is 3. The molecule has 1 aliphatic heterocycles. The first-order chi connectivity index (χ1) is 15.6. The SMILES string of the molecule is O=C(c1ccc(O)cc1O)N1CCN(c2nc(-c3ccccc3C(F)(F)F)cc(=O)[nH]2)CC1. The lowest BCUT2D eigenvalue weighted by Gasteiger charge is -2.35. The minimum absolute atomic E-state index is 0.0403. The van der Waals surface area contributed by atoms with Crippen molar-refractivity contribution in [3.8, 4) is 22.8 Å². The third kappa shape index (κ3) is 4.61. The number of benzene rings is 2. The van der Waals surface area contributed by atoms with Crippen LogP contribution in [0.4, 0.5) is 19.1 Å². The second-order valence-electron chi connectivity index (χ2n) is 7.48. The average Bonchev–Trinajstić information content (AvgIpc) is 2.78. The van der Waals surface area contributed by atoms with Crippen molar-refractivity contribution in [1.29, 1.82) is 0 Å². The highest BCUT2D eigenvalue weighted by atomic mass is 19.4. The fourth-order valence-electron chi connectivity index (χ4n) is 3.68. The van der Waals surface area contributed by atoms with E-state index in [4.69, 9.17) is 0 Å². The molecule has 0 saturated carbocycles. The van der Waals surface area contributed by atoms with Crippen molar-refractivity contribution in [2.24, 2.45) is 0 Å². The van der Waals surface area contributed by atoms with Gasteiger partial charge in [-0.1, -0.05) is 18.2 Å². The van der Waals surface area contributed by atoms with Gasteiger partial charge in [0.05, 0.1) is 16.8 Å². The average molecular weight is 460 g/mol. The molecule has 172 valence electrons. The van der Waals surface area contributed by atoms with Crippen LogP contribution in [-0.4, -0.2) is 57.2 Å². The number of anilines is 1. The first-order valence-electron chi connectivity index (χ1n) is 9.97. The molecule has 0 aliphatic carbocycles. The zero-order valence-electron chi connectivity index (χ0n) is 17.1. The quantitative estimate of drug-likeness (QED) is 0.555. The summed E-state index contributed by atoms with van der Waals surface area (Å²) in [5.41, 5.74) is -1.75. The lowest BCUT2D eigenvalue weighted by Crippen LogP contribution is -2.49. The van der Waals surface area contributed by atoms with E-state index in [0.717, 1.165) is 18.2 Å². The summed E-state index contributed by atoms with van der Waals surface area (Å²) < 4.78 is 40.2. The molecule has 0 atom stereocenters. The molecule has 11 heteroatoms. The summed E-state index contributed by atoms with van der Waals surface area (Å²) in [5.74, 6) is -0.837. The Bertz CT molecular complexity index is 1250. The predicted molar refractivity (Wildman–Crippen MR) is 113 cm³/mol. The highest BCUT2D eigenvalue weighted by molar-refractivity contribution is 5.97. The number of phenolic OH excluding ortho intramolecular Hbond substituents is 2. The van der Waals surface area contributed by atoms with Crippen LogP contribution in [0.3, 0.4) is 0 Å². The number of phenols is 2. The van der Waals surface area contributed by atoms with Crippen LogP contribution in [0.1, 0.15) is 15.9 Å². The molecule has 0 radical (unpaired) electrons. The van der Waals surface area contributed by atoms with Crippen LogP contribution in [0.5, 0.6) is 11.5 Å². The topological polar surface area (TPSA) is 110 Å². The van der Waals surface area contributed by atoms with E-state index in [1.807, 2.05) is 0 Å². The van der Waals surface area contributed by atoms with Gasteiger partial charge < -0.3 is 20.0 Å². The van der Waals surface area contributed by atoms with Gasteiger partial charge in [-0.2, -0.15) is 13.2 Å². The van der Waals surface area contributed by atoms with Crippen molar-refractivity contribution in [2.45, 2.75) is 6.18 Å². The van der Waals surface area contributed by atoms with Crippen molar-refractivity contribution in [3.05, 3.63) is 70.0 Å². The maximum absolute atomic E-state index is 13.4. The normalized spacial score (nSPS) is 14.4. The molecule has 2 aromatic carbocycles. The van der Waals surface area contributed by atoms with Crippen LogP contribution in [0, 0.1) is 0 Å². The van der Waals surface area contributed by atoms with Gasteiger partial charge in [-0.3, -0.25) is 14.6 Å². The Kier molecular flexibility index (Phi) is 5.71. The molecule has 4 rings (SSSR count). The van der Waals surface area contributed by atoms with Crippen molar-refractivity contribution in [3.63, 3.8) is 0 Å². The third-order valence-electron chi connectivity index (χ3n) is 5.32. The number of carbonyl (C=O) groups excluding carboxylic acids is 1. The zero-order chi connectivity index (χ0) is 23.8. The first kappa shape index (κ1) is 22.2. The number of aromatic amines is 1. The van der Waals surface area contributed by atoms with E-state index in [0.29, 0.717) is 0 Å². The Morgan fingerprint density at radius 3 is 2.36 bits per heavy atom. The smallest absolute Gasteiger partial charge is 0.417 e. The summed E-state index contributed by atoms with van der Waals surface area (Å²) in [7, 11) is 0. The van der Waals surface area contributed by atoms with Gasteiger partial charge in [0, 0.05) is 43.9 Å².